The van der Waals surface area contributed by atoms with Gasteiger partial charge in [0.15, 0.2) is 0 Å². The van der Waals surface area contributed by atoms with E-state index in [0.29, 0.717) is 5.56 Å². The number of rotatable bonds is 4. The maximum atomic E-state index is 12.9. The van der Waals surface area contributed by atoms with Gasteiger partial charge in [-0.1, -0.05) is 6.07 Å². The Labute approximate surface area is 89.9 Å². The van der Waals surface area contributed by atoms with Gasteiger partial charge in [-0.2, -0.15) is 13.2 Å². The van der Waals surface area contributed by atoms with Gasteiger partial charge in [-0.25, -0.2) is 4.39 Å². The zero-order valence-electron chi connectivity index (χ0n) is 8.31. The molecule has 0 atom stereocenters. The molecule has 0 aliphatic rings. The first-order chi connectivity index (χ1) is 7.45. The molecule has 2 N–H and O–H groups in total. The minimum Gasteiger partial charge on any atom is -0.395 e. The number of hydrogen-bond donors (Lipinski definition) is 2. The Kier molecular flexibility index (Phi) is 4.26. The van der Waals surface area contributed by atoms with Crippen molar-refractivity contribution in [3.8, 4) is 0 Å². The molecule has 0 aliphatic carbocycles. The SMILES string of the molecule is OCCNCc1ccc(F)c(C(F)(F)F)c1. The predicted molar refractivity (Wildman–Crippen MR) is 50.2 cm³/mol. The van der Waals surface area contributed by atoms with Crippen molar-refractivity contribution >= 4 is 0 Å². The Balaban J connectivity index is 2.82. The fraction of sp³-hybridized carbons (Fsp3) is 0.400. The summed E-state index contributed by atoms with van der Waals surface area (Å²) < 4.78 is 49.8. The monoisotopic (exact) mass is 237 g/mol. The zero-order valence-corrected chi connectivity index (χ0v) is 8.31. The Bertz CT molecular complexity index is 351. The summed E-state index contributed by atoms with van der Waals surface area (Å²) in [6, 6.07) is 2.83. The number of alkyl halides is 3. The molecule has 0 heterocycles. The van der Waals surface area contributed by atoms with Gasteiger partial charge in [0, 0.05) is 13.1 Å². The van der Waals surface area contributed by atoms with Gasteiger partial charge in [0.05, 0.1) is 12.2 Å². The summed E-state index contributed by atoms with van der Waals surface area (Å²) >= 11 is 0. The number of hydrogen-bond acceptors (Lipinski definition) is 2. The molecule has 0 saturated heterocycles. The first kappa shape index (κ1) is 12.9. The van der Waals surface area contributed by atoms with Crippen LogP contribution in [0.3, 0.4) is 0 Å². The van der Waals surface area contributed by atoms with Crippen molar-refractivity contribution in [2.45, 2.75) is 12.7 Å². The van der Waals surface area contributed by atoms with E-state index in [4.69, 9.17) is 5.11 Å². The molecule has 6 heteroatoms. The van der Waals surface area contributed by atoms with E-state index in [0.717, 1.165) is 12.1 Å². The molecular weight excluding hydrogens is 226 g/mol. The summed E-state index contributed by atoms with van der Waals surface area (Å²) in [6.45, 7) is 0.329. The van der Waals surface area contributed by atoms with Gasteiger partial charge in [0.2, 0.25) is 0 Å². The summed E-state index contributed by atoms with van der Waals surface area (Å²) in [7, 11) is 0. The lowest BCUT2D eigenvalue weighted by atomic mass is 10.1. The van der Waals surface area contributed by atoms with Crippen molar-refractivity contribution in [3.63, 3.8) is 0 Å². The molecule has 0 radical (unpaired) electrons. The van der Waals surface area contributed by atoms with E-state index >= 15 is 0 Å². The molecule has 0 aromatic heterocycles. The Hall–Kier alpha value is -1.14. The van der Waals surface area contributed by atoms with Gasteiger partial charge >= 0.3 is 6.18 Å². The normalized spacial score (nSPS) is 11.8. The third-order valence-corrected chi connectivity index (χ3v) is 1.95. The second-order valence-corrected chi connectivity index (χ2v) is 3.21. The lowest BCUT2D eigenvalue weighted by Gasteiger charge is -2.10. The molecule has 0 saturated carbocycles. The Morgan fingerprint density at radius 2 is 1.94 bits per heavy atom. The molecular formula is C10H11F4NO. The van der Waals surface area contributed by atoms with E-state index in [2.05, 4.69) is 5.32 Å². The van der Waals surface area contributed by atoms with Gasteiger partial charge < -0.3 is 10.4 Å². The summed E-state index contributed by atoms with van der Waals surface area (Å²) in [5.74, 6) is -1.28. The number of benzene rings is 1. The largest absolute Gasteiger partial charge is 0.419 e. The van der Waals surface area contributed by atoms with Crippen LogP contribution in [0, 0.1) is 5.82 Å². The first-order valence-corrected chi connectivity index (χ1v) is 4.62. The van der Waals surface area contributed by atoms with Crippen LogP contribution >= 0.6 is 0 Å². The molecule has 0 aliphatic heterocycles. The van der Waals surface area contributed by atoms with E-state index in [1.807, 2.05) is 0 Å². The average Bonchev–Trinajstić information content (AvgIpc) is 2.19. The van der Waals surface area contributed by atoms with E-state index in [1.165, 1.54) is 6.07 Å². The number of halogens is 4. The highest BCUT2D eigenvalue weighted by Crippen LogP contribution is 2.31. The lowest BCUT2D eigenvalue weighted by Crippen LogP contribution is -2.18. The Morgan fingerprint density at radius 3 is 2.50 bits per heavy atom. The minimum atomic E-state index is -4.68. The van der Waals surface area contributed by atoms with Crippen LogP contribution in [0.5, 0.6) is 0 Å². The highest BCUT2D eigenvalue weighted by Gasteiger charge is 2.34. The van der Waals surface area contributed by atoms with Crippen molar-refractivity contribution in [1.82, 2.24) is 5.32 Å². The summed E-state index contributed by atoms with van der Waals surface area (Å²) in [5, 5.41) is 11.2. The second-order valence-electron chi connectivity index (χ2n) is 3.21. The molecule has 2 nitrogen and oxygen atoms in total. The molecule has 0 amide bonds. The molecule has 0 spiro atoms. The highest BCUT2D eigenvalue weighted by molar-refractivity contribution is 5.27. The third kappa shape index (κ3) is 3.46. The van der Waals surface area contributed by atoms with Crippen LogP contribution < -0.4 is 5.32 Å². The standard InChI is InChI=1S/C10H11F4NO/c11-9-2-1-7(6-15-3-4-16)5-8(9)10(12,13)14/h1-2,5,15-16H,3-4,6H2. The summed E-state index contributed by atoms with van der Waals surface area (Å²) in [5.41, 5.74) is -0.946. The molecule has 0 bridgehead atoms. The predicted octanol–water partition coefficient (Wildman–Crippen LogP) is 1.93. The minimum absolute atomic E-state index is 0.104. The van der Waals surface area contributed by atoms with Crippen molar-refractivity contribution in [1.29, 1.82) is 0 Å². The van der Waals surface area contributed by atoms with Gasteiger partial charge in [0.25, 0.3) is 0 Å². The molecule has 1 aromatic carbocycles. The maximum absolute atomic E-state index is 12.9. The quantitative estimate of drug-likeness (QED) is 0.619. The van der Waals surface area contributed by atoms with E-state index in [1.54, 1.807) is 0 Å². The topological polar surface area (TPSA) is 32.3 Å². The molecule has 16 heavy (non-hydrogen) atoms. The highest BCUT2D eigenvalue weighted by atomic mass is 19.4. The number of nitrogens with one attached hydrogen (secondary N) is 1. The number of aliphatic hydroxyl groups is 1. The molecule has 0 unspecified atom stereocenters. The van der Waals surface area contributed by atoms with Gasteiger partial charge in [-0.15, -0.1) is 0 Å². The number of aliphatic hydroxyl groups excluding tert-OH is 1. The maximum Gasteiger partial charge on any atom is 0.419 e. The summed E-state index contributed by atoms with van der Waals surface area (Å²) in [4.78, 5) is 0. The fourth-order valence-electron chi connectivity index (χ4n) is 1.21. The third-order valence-electron chi connectivity index (χ3n) is 1.95. The van der Waals surface area contributed by atoms with Crippen LogP contribution in [0.15, 0.2) is 18.2 Å². The molecule has 1 rings (SSSR count). The van der Waals surface area contributed by atoms with Crippen LogP contribution in [0.2, 0.25) is 0 Å². The van der Waals surface area contributed by atoms with E-state index in [-0.39, 0.29) is 19.7 Å². The Morgan fingerprint density at radius 1 is 1.25 bits per heavy atom. The van der Waals surface area contributed by atoms with Crippen molar-refractivity contribution in [3.05, 3.63) is 35.1 Å². The summed E-state index contributed by atoms with van der Waals surface area (Å²) in [6.07, 6.45) is -4.68. The fourth-order valence-corrected chi connectivity index (χ4v) is 1.21. The molecule has 1 aromatic rings. The van der Waals surface area contributed by atoms with Crippen LogP contribution in [0.1, 0.15) is 11.1 Å². The van der Waals surface area contributed by atoms with Crippen LogP contribution in [-0.4, -0.2) is 18.3 Å². The lowest BCUT2D eigenvalue weighted by molar-refractivity contribution is -0.140. The van der Waals surface area contributed by atoms with Crippen molar-refractivity contribution in [2.24, 2.45) is 0 Å². The van der Waals surface area contributed by atoms with Crippen LogP contribution in [0.4, 0.5) is 17.6 Å². The van der Waals surface area contributed by atoms with Gasteiger partial charge in [-0.05, 0) is 17.7 Å². The van der Waals surface area contributed by atoms with Crippen molar-refractivity contribution < 1.29 is 22.7 Å². The second kappa shape index (κ2) is 5.27. The van der Waals surface area contributed by atoms with Crippen LogP contribution in [0.25, 0.3) is 0 Å². The van der Waals surface area contributed by atoms with Gasteiger partial charge in [-0.3, -0.25) is 0 Å². The van der Waals surface area contributed by atoms with Crippen molar-refractivity contribution in [2.75, 3.05) is 13.2 Å². The van der Waals surface area contributed by atoms with Crippen LogP contribution in [-0.2, 0) is 12.7 Å². The smallest absolute Gasteiger partial charge is 0.395 e. The van der Waals surface area contributed by atoms with E-state index in [9.17, 15) is 17.6 Å². The zero-order chi connectivity index (χ0) is 12.2. The van der Waals surface area contributed by atoms with Gasteiger partial charge in [0.1, 0.15) is 5.82 Å². The van der Waals surface area contributed by atoms with E-state index < -0.39 is 17.6 Å². The molecule has 0 fully saturated rings. The average molecular weight is 237 g/mol. The molecule has 90 valence electrons. The first-order valence-electron chi connectivity index (χ1n) is 4.62.